The van der Waals surface area contributed by atoms with E-state index in [0.717, 1.165) is 20.6 Å². The average molecular weight is 383 g/mol. The first-order valence-corrected chi connectivity index (χ1v) is 7.60. The van der Waals surface area contributed by atoms with Gasteiger partial charge in [0.2, 0.25) is 0 Å². The fourth-order valence-corrected chi connectivity index (χ4v) is 3.60. The van der Waals surface area contributed by atoms with Crippen molar-refractivity contribution in [3.8, 4) is 0 Å². The standard InChI is InChI=1S/C12H9Cl2IS/c13-9-1-2-12(15)10(6-9)11(14)5-8-3-4-16-7-8/h1-4,6-7,11H,5H2. The molecule has 1 atom stereocenters. The lowest BCUT2D eigenvalue weighted by Gasteiger charge is -2.11. The smallest absolute Gasteiger partial charge is 0.0636 e. The zero-order chi connectivity index (χ0) is 11.5. The van der Waals surface area contributed by atoms with Gasteiger partial charge in [-0.3, -0.25) is 0 Å². The molecule has 0 aliphatic carbocycles. The molecule has 0 amide bonds. The Labute approximate surface area is 123 Å². The molecule has 0 saturated carbocycles. The van der Waals surface area contributed by atoms with Crippen LogP contribution in [0.5, 0.6) is 0 Å². The maximum absolute atomic E-state index is 6.42. The Morgan fingerprint density at radius 3 is 2.81 bits per heavy atom. The topological polar surface area (TPSA) is 0 Å². The van der Waals surface area contributed by atoms with E-state index in [4.69, 9.17) is 23.2 Å². The summed E-state index contributed by atoms with van der Waals surface area (Å²) in [5.74, 6) is 0. The van der Waals surface area contributed by atoms with Gasteiger partial charge in [-0.1, -0.05) is 11.6 Å². The van der Waals surface area contributed by atoms with Gasteiger partial charge in [-0.25, -0.2) is 0 Å². The lowest BCUT2D eigenvalue weighted by molar-refractivity contribution is 0.918. The van der Waals surface area contributed by atoms with Crippen molar-refractivity contribution in [2.75, 3.05) is 0 Å². The van der Waals surface area contributed by atoms with Gasteiger partial charge in [-0.05, 0) is 75.2 Å². The van der Waals surface area contributed by atoms with Gasteiger partial charge >= 0.3 is 0 Å². The molecule has 2 rings (SSSR count). The predicted molar refractivity (Wildman–Crippen MR) is 80.8 cm³/mol. The molecule has 1 unspecified atom stereocenters. The summed E-state index contributed by atoms with van der Waals surface area (Å²) < 4.78 is 1.16. The number of hydrogen-bond donors (Lipinski definition) is 0. The lowest BCUT2D eigenvalue weighted by Crippen LogP contribution is -1.97. The van der Waals surface area contributed by atoms with Crippen molar-refractivity contribution >= 4 is 57.1 Å². The van der Waals surface area contributed by atoms with Gasteiger partial charge in [0.05, 0.1) is 5.38 Å². The van der Waals surface area contributed by atoms with Gasteiger partial charge in [0.15, 0.2) is 0 Å². The summed E-state index contributed by atoms with van der Waals surface area (Å²) in [5.41, 5.74) is 2.39. The van der Waals surface area contributed by atoms with Crippen molar-refractivity contribution in [3.63, 3.8) is 0 Å². The fraction of sp³-hybridized carbons (Fsp3) is 0.167. The number of rotatable bonds is 3. The Balaban J connectivity index is 2.20. The summed E-state index contributed by atoms with van der Waals surface area (Å²) >= 11 is 16.4. The van der Waals surface area contributed by atoms with E-state index in [9.17, 15) is 0 Å². The Hall–Kier alpha value is 0.230. The molecule has 0 aliphatic rings. The lowest BCUT2D eigenvalue weighted by atomic mass is 10.1. The quantitative estimate of drug-likeness (QED) is 0.483. The summed E-state index contributed by atoms with van der Waals surface area (Å²) in [4.78, 5) is 0. The molecule has 0 fully saturated rings. The molecular formula is C12H9Cl2IS. The van der Waals surface area contributed by atoms with E-state index in [0.29, 0.717) is 0 Å². The zero-order valence-corrected chi connectivity index (χ0v) is 12.8. The van der Waals surface area contributed by atoms with Gasteiger partial charge in [-0.15, -0.1) is 11.6 Å². The normalized spacial score (nSPS) is 12.7. The molecule has 4 heteroatoms. The monoisotopic (exact) mass is 382 g/mol. The molecule has 0 bridgehead atoms. The minimum atomic E-state index is -0.0137. The number of thiophene rings is 1. The van der Waals surface area contributed by atoms with Crippen LogP contribution in [-0.2, 0) is 6.42 Å². The molecule has 0 aliphatic heterocycles. The average Bonchev–Trinajstić information content (AvgIpc) is 2.74. The van der Waals surface area contributed by atoms with Gasteiger partial charge < -0.3 is 0 Å². The number of alkyl halides is 1. The summed E-state index contributed by atoms with van der Waals surface area (Å²) in [7, 11) is 0. The van der Waals surface area contributed by atoms with Crippen LogP contribution >= 0.6 is 57.1 Å². The van der Waals surface area contributed by atoms with Crippen molar-refractivity contribution in [1.29, 1.82) is 0 Å². The van der Waals surface area contributed by atoms with Crippen LogP contribution in [0.25, 0.3) is 0 Å². The van der Waals surface area contributed by atoms with Crippen molar-refractivity contribution in [2.45, 2.75) is 11.8 Å². The van der Waals surface area contributed by atoms with E-state index in [1.807, 2.05) is 18.2 Å². The Bertz CT molecular complexity index is 468. The minimum absolute atomic E-state index is 0.0137. The van der Waals surface area contributed by atoms with Gasteiger partial charge in [0, 0.05) is 8.59 Å². The SMILES string of the molecule is Clc1ccc(I)c(C(Cl)Cc2ccsc2)c1. The maximum atomic E-state index is 6.42. The van der Waals surface area contributed by atoms with E-state index < -0.39 is 0 Å². The Kier molecular flexibility index (Phi) is 4.53. The number of halogens is 3. The van der Waals surface area contributed by atoms with Crippen molar-refractivity contribution < 1.29 is 0 Å². The molecule has 0 spiro atoms. The molecule has 1 heterocycles. The first-order valence-electron chi connectivity index (χ1n) is 4.77. The summed E-state index contributed by atoms with van der Waals surface area (Å²) in [6, 6.07) is 7.95. The summed E-state index contributed by atoms with van der Waals surface area (Å²) in [6.07, 6.45) is 0.849. The maximum Gasteiger partial charge on any atom is 0.0636 e. The van der Waals surface area contributed by atoms with Crippen LogP contribution < -0.4 is 0 Å². The highest BCUT2D eigenvalue weighted by Gasteiger charge is 2.13. The summed E-state index contributed by atoms with van der Waals surface area (Å²) in [5, 5.41) is 4.93. The molecule has 1 aromatic carbocycles. The second-order valence-corrected chi connectivity index (χ2v) is 6.37. The third-order valence-corrected chi connectivity index (χ3v) is 4.63. The molecule has 16 heavy (non-hydrogen) atoms. The molecule has 84 valence electrons. The first kappa shape index (κ1) is 12.7. The van der Waals surface area contributed by atoms with Gasteiger partial charge in [-0.2, -0.15) is 11.3 Å². The Morgan fingerprint density at radius 1 is 1.31 bits per heavy atom. The predicted octanol–water partition coefficient (Wildman–Crippen LogP) is 5.53. The van der Waals surface area contributed by atoms with Crippen LogP contribution in [0.4, 0.5) is 0 Å². The van der Waals surface area contributed by atoms with Crippen LogP contribution in [-0.4, -0.2) is 0 Å². The van der Waals surface area contributed by atoms with Crippen molar-refractivity contribution in [2.24, 2.45) is 0 Å². The van der Waals surface area contributed by atoms with E-state index in [1.165, 1.54) is 5.56 Å². The zero-order valence-electron chi connectivity index (χ0n) is 8.29. The van der Waals surface area contributed by atoms with Crippen LogP contribution in [0.3, 0.4) is 0 Å². The van der Waals surface area contributed by atoms with Crippen molar-refractivity contribution in [3.05, 3.63) is 54.7 Å². The molecule has 0 radical (unpaired) electrons. The van der Waals surface area contributed by atoms with E-state index in [1.54, 1.807) is 11.3 Å². The molecule has 0 saturated heterocycles. The van der Waals surface area contributed by atoms with Gasteiger partial charge in [0.1, 0.15) is 0 Å². The van der Waals surface area contributed by atoms with Crippen LogP contribution in [0.1, 0.15) is 16.5 Å². The molecule has 1 aromatic heterocycles. The molecule has 0 nitrogen and oxygen atoms in total. The highest BCUT2D eigenvalue weighted by atomic mass is 127. The van der Waals surface area contributed by atoms with E-state index >= 15 is 0 Å². The van der Waals surface area contributed by atoms with Crippen molar-refractivity contribution in [1.82, 2.24) is 0 Å². The third kappa shape index (κ3) is 3.13. The van der Waals surface area contributed by atoms with Crippen LogP contribution in [0, 0.1) is 3.57 Å². The largest absolute Gasteiger partial charge is 0.152 e. The van der Waals surface area contributed by atoms with Gasteiger partial charge in [0.25, 0.3) is 0 Å². The fourth-order valence-electron chi connectivity index (χ4n) is 1.48. The molecule has 2 aromatic rings. The Morgan fingerprint density at radius 2 is 2.12 bits per heavy atom. The molecular weight excluding hydrogens is 374 g/mol. The third-order valence-electron chi connectivity index (χ3n) is 2.29. The second kappa shape index (κ2) is 5.71. The minimum Gasteiger partial charge on any atom is -0.152 e. The summed E-state index contributed by atoms with van der Waals surface area (Å²) in [6.45, 7) is 0. The van der Waals surface area contributed by atoms with Crippen LogP contribution in [0.15, 0.2) is 35.0 Å². The highest BCUT2D eigenvalue weighted by molar-refractivity contribution is 14.1. The van der Waals surface area contributed by atoms with E-state index in [-0.39, 0.29) is 5.38 Å². The number of benzene rings is 1. The highest BCUT2D eigenvalue weighted by Crippen LogP contribution is 2.31. The number of hydrogen-bond acceptors (Lipinski definition) is 1. The molecule has 0 N–H and O–H groups in total. The van der Waals surface area contributed by atoms with Crippen LogP contribution in [0.2, 0.25) is 5.02 Å². The second-order valence-electron chi connectivity index (χ2n) is 3.47. The van der Waals surface area contributed by atoms with E-state index in [2.05, 4.69) is 39.4 Å². The first-order chi connectivity index (χ1) is 7.66.